The molecule has 2 aromatic carbocycles. The molecule has 2 N–H and O–H groups in total. The zero-order valence-corrected chi connectivity index (χ0v) is 12.4. The van der Waals surface area contributed by atoms with Gasteiger partial charge in [0.25, 0.3) is 0 Å². The van der Waals surface area contributed by atoms with E-state index >= 15 is 0 Å². The molecule has 3 rings (SSSR count). The summed E-state index contributed by atoms with van der Waals surface area (Å²) >= 11 is 5.89. The molecule has 0 saturated heterocycles. The Morgan fingerprint density at radius 1 is 1.19 bits per heavy atom. The van der Waals surface area contributed by atoms with Crippen molar-refractivity contribution in [1.29, 1.82) is 0 Å². The number of hydrogen-bond acceptors (Lipinski definition) is 2. The molecule has 0 radical (unpaired) electrons. The topological polar surface area (TPSA) is 49.3 Å². The largest absolute Gasteiger partial charge is 0.506 e. The summed E-state index contributed by atoms with van der Waals surface area (Å²) in [6, 6.07) is 12.6. The Bertz CT molecular complexity index is 690. The fourth-order valence-electron chi connectivity index (χ4n) is 2.53. The third-order valence-corrected chi connectivity index (χ3v) is 4.23. The quantitative estimate of drug-likeness (QED) is 0.841. The molecule has 1 aliphatic carbocycles. The molecule has 1 fully saturated rings. The second kappa shape index (κ2) is 5.08. The van der Waals surface area contributed by atoms with Gasteiger partial charge in [0.15, 0.2) is 0 Å². The van der Waals surface area contributed by atoms with Crippen molar-refractivity contribution in [2.75, 3.05) is 5.32 Å². The summed E-state index contributed by atoms with van der Waals surface area (Å²) in [5.41, 5.74) is 1.88. The van der Waals surface area contributed by atoms with Crippen LogP contribution in [0.3, 0.4) is 0 Å². The number of aromatic hydroxyl groups is 1. The van der Waals surface area contributed by atoms with Crippen molar-refractivity contribution >= 4 is 23.2 Å². The molecular weight excluding hydrogens is 286 g/mol. The smallest absolute Gasteiger partial charge is 0.235 e. The first kappa shape index (κ1) is 14.0. The van der Waals surface area contributed by atoms with Gasteiger partial charge in [0.2, 0.25) is 5.91 Å². The van der Waals surface area contributed by atoms with Crippen molar-refractivity contribution in [3.63, 3.8) is 0 Å². The molecule has 0 aromatic heterocycles. The first-order chi connectivity index (χ1) is 10.0. The van der Waals surface area contributed by atoms with Crippen LogP contribution in [-0.4, -0.2) is 11.0 Å². The Morgan fingerprint density at radius 3 is 2.43 bits per heavy atom. The van der Waals surface area contributed by atoms with Crippen LogP contribution in [0.2, 0.25) is 5.02 Å². The summed E-state index contributed by atoms with van der Waals surface area (Å²) in [4.78, 5) is 12.6. The molecule has 1 saturated carbocycles. The highest BCUT2D eigenvalue weighted by molar-refractivity contribution is 6.30. The van der Waals surface area contributed by atoms with E-state index in [1.165, 1.54) is 0 Å². The number of carbonyl (C=O) groups is 1. The number of nitrogens with one attached hydrogen (secondary N) is 1. The lowest BCUT2D eigenvalue weighted by Gasteiger charge is -2.16. The minimum absolute atomic E-state index is 0.0797. The standard InChI is InChI=1S/C17H16ClNO2/c1-11-2-7-14(15(20)10-11)19-16(21)17(8-9-17)12-3-5-13(18)6-4-12/h2-7,10,20H,8-9H2,1H3,(H,19,21). The number of amides is 1. The fourth-order valence-corrected chi connectivity index (χ4v) is 2.66. The highest BCUT2D eigenvalue weighted by atomic mass is 35.5. The van der Waals surface area contributed by atoms with Crippen LogP contribution in [0, 0.1) is 6.92 Å². The van der Waals surface area contributed by atoms with E-state index in [1.807, 2.05) is 25.1 Å². The number of phenols is 1. The Balaban J connectivity index is 1.83. The maximum atomic E-state index is 12.6. The van der Waals surface area contributed by atoms with E-state index in [2.05, 4.69) is 5.32 Å². The molecule has 4 heteroatoms. The van der Waals surface area contributed by atoms with Gasteiger partial charge in [-0.2, -0.15) is 0 Å². The first-order valence-electron chi connectivity index (χ1n) is 6.88. The van der Waals surface area contributed by atoms with Crippen LogP contribution in [0.4, 0.5) is 5.69 Å². The summed E-state index contributed by atoms with van der Waals surface area (Å²) in [7, 11) is 0. The van der Waals surface area contributed by atoms with Gasteiger partial charge in [-0.15, -0.1) is 0 Å². The Kier molecular flexibility index (Phi) is 3.38. The lowest BCUT2D eigenvalue weighted by atomic mass is 9.95. The zero-order valence-electron chi connectivity index (χ0n) is 11.7. The highest BCUT2D eigenvalue weighted by Crippen LogP contribution is 2.49. The molecule has 0 atom stereocenters. The second-order valence-electron chi connectivity index (χ2n) is 5.56. The first-order valence-corrected chi connectivity index (χ1v) is 7.26. The predicted molar refractivity (Wildman–Crippen MR) is 83.8 cm³/mol. The number of rotatable bonds is 3. The fraction of sp³-hybridized carbons (Fsp3) is 0.235. The zero-order chi connectivity index (χ0) is 15.0. The van der Waals surface area contributed by atoms with Crippen molar-refractivity contribution in [1.82, 2.24) is 0 Å². The predicted octanol–water partition coefficient (Wildman–Crippen LogP) is 4.02. The summed E-state index contributed by atoms with van der Waals surface area (Å²) < 4.78 is 0. The van der Waals surface area contributed by atoms with Crippen LogP contribution in [0.25, 0.3) is 0 Å². The van der Waals surface area contributed by atoms with Crippen LogP contribution in [-0.2, 0) is 10.2 Å². The van der Waals surface area contributed by atoms with Crippen molar-refractivity contribution < 1.29 is 9.90 Å². The molecule has 108 valence electrons. The molecule has 0 spiro atoms. The highest BCUT2D eigenvalue weighted by Gasteiger charge is 2.51. The molecule has 21 heavy (non-hydrogen) atoms. The van der Waals surface area contributed by atoms with Gasteiger partial charge >= 0.3 is 0 Å². The Morgan fingerprint density at radius 2 is 1.86 bits per heavy atom. The van der Waals surface area contributed by atoms with E-state index < -0.39 is 5.41 Å². The van der Waals surface area contributed by atoms with E-state index in [4.69, 9.17) is 11.6 Å². The lowest BCUT2D eigenvalue weighted by Crippen LogP contribution is -2.27. The molecule has 1 amide bonds. The lowest BCUT2D eigenvalue weighted by molar-refractivity contribution is -0.118. The second-order valence-corrected chi connectivity index (χ2v) is 6.00. The molecule has 0 unspecified atom stereocenters. The third-order valence-electron chi connectivity index (χ3n) is 3.98. The van der Waals surface area contributed by atoms with Gasteiger partial charge in [-0.25, -0.2) is 0 Å². The van der Waals surface area contributed by atoms with Gasteiger partial charge in [-0.05, 0) is 55.2 Å². The van der Waals surface area contributed by atoms with Gasteiger partial charge < -0.3 is 10.4 Å². The van der Waals surface area contributed by atoms with E-state index in [0.717, 1.165) is 24.0 Å². The number of phenolic OH excluding ortho intramolecular Hbond substituents is 1. The SMILES string of the molecule is Cc1ccc(NC(=O)C2(c3ccc(Cl)cc3)CC2)c(O)c1. The maximum absolute atomic E-state index is 12.6. The molecular formula is C17H16ClNO2. The van der Waals surface area contributed by atoms with Gasteiger partial charge in [0, 0.05) is 5.02 Å². The normalized spacial score (nSPS) is 15.5. The summed E-state index contributed by atoms with van der Waals surface area (Å²) in [6.45, 7) is 1.89. The van der Waals surface area contributed by atoms with Crippen molar-refractivity contribution in [3.8, 4) is 5.75 Å². The van der Waals surface area contributed by atoms with Gasteiger partial charge in [-0.1, -0.05) is 29.8 Å². The van der Waals surface area contributed by atoms with Crippen molar-refractivity contribution in [2.45, 2.75) is 25.2 Å². The van der Waals surface area contributed by atoms with Gasteiger partial charge in [0.1, 0.15) is 5.75 Å². The summed E-state index contributed by atoms with van der Waals surface area (Å²) in [6.07, 6.45) is 1.63. The number of hydrogen-bond donors (Lipinski definition) is 2. The molecule has 1 aliphatic rings. The minimum Gasteiger partial charge on any atom is -0.506 e. The maximum Gasteiger partial charge on any atom is 0.235 e. The van der Waals surface area contributed by atoms with Crippen LogP contribution in [0.1, 0.15) is 24.0 Å². The number of anilines is 1. The van der Waals surface area contributed by atoms with E-state index in [0.29, 0.717) is 10.7 Å². The van der Waals surface area contributed by atoms with Crippen molar-refractivity contribution in [2.24, 2.45) is 0 Å². The van der Waals surface area contributed by atoms with Gasteiger partial charge in [0.05, 0.1) is 11.1 Å². The molecule has 0 heterocycles. The monoisotopic (exact) mass is 301 g/mol. The molecule has 0 aliphatic heterocycles. The van der Waals surface area contributed by atoms with Crippen LogP contribution < -0.4 is 5.32 Å². The van der Waals surface area contributed by atoms with Crippen LogP contribution in [0.15, 0.2) is 42.5 Å². The average molecular weight is 302 g/mol. The number of carbonyl (C=O) groups excluding carboxylic acids is 1. The Labute approximate surface area is 128 Å². The van der Waals surface area contributed by atoms with Crippen LogP contribution in [0.5, 0.6) is 5.75 Å². The van der Waals surface area contributed by atoms with E-state index in [1.54, 1.807) is 24.3 Å². The van der Waals surface area contributed by atoms with Crippen LogP contribution >= 0.6 is 11.6 Å². The molecule has 0 bridgehead atoms. The average Bonchev–Trinajstić information content (AvgIpc) is 3.24. The summed E-state index contributed by atoms with van der Waals surface area (Å²) in [5, 5.41) is 13.4. The number of halogens is 1. The Hall–Kier alpha value is -2.00. The summed E-state index contributed by atoms with van der Waals surface area (Å²) in [5.74, 6) is 0.0132. The molecule has 2 aromatic rings. The molecule has 3 nitrogen and oxygen atoms in total. The van der Waals surface area contributed by atoms with Crippen molar-refractivity contribution in [3.05, 3.63) is 58.6 Å². The van der Waals surface area contributed by atoms with E-state index in [9.17, 15) is 9.90 Å². The van der Waals surface area contributed by atoms with Gasteiger partial charge in [-0.3, -0.25) is 4.79 Å². The van der Waals surface area contributed by atoms with E-state index in [-0.39, 0.29) is 11.7 Å². The number of benzene rings is 2. The third kappa shape index (κ3) is 2.61. The minimum atomic E-state index is -0.484. The number of aryl methyl sites for hydroxylation is 1.